The van der Waals surface area contributed by atoms with Crippen molar-refractivity contribution >= 4 is 0 Å². The van der Waals surface area contributed by atoms with Crippen molar-refractivity contribution < 1.29 is 9.26 Å². The Morgan fingerprint density at radius 2 is 1.68 bits per heavy atom. The molecular weight excluding hydrogens is 314 g/mol. The van der Waals surface area contributed by atoms with Gasteiger partial charge in [-0.15, -0.1) is 0 Å². The van der Waals surface area contributed by atoms with E-state index in [1.54, 1.807) is 12.4 Å². The van der Waals surface area contributed by atoms with Crippen LogP contribution in [0.3, 0.4) is 0 Å². The van der Waals surface area contributed by atoms with Gasteiger partial charge in [-0.2, -0.15) is 4.98 Å². The standard InChI is InChI=1S/C20H15N3O2/c1-2-5-15(6-3-1)14-24-18-10-8-16(9-11-18)20-22-19(23-25-20)17-7-4-12-21-13-17/h1-13H,14H2. The number of pyridine rings is 1. The van der Waals surface area contributed by atoms with Gasteiger partial charge in [-0.05, 0) is 42.0 Å². The number of rotatable bonds is 5. The molecule has 5 heteroatoms. The third kappa shape index (κ3) is 3.55. The molecule has 0 bridgehead atoms. The summed E-state index contributed by atoms with van der Waals surface area (Å²) in [6, 6.07) is 21.4. The van der Waals surface area contributed by atoms with Crippen LogP contribution in [0.15, 0.2) is 83.6 Å². The summed E-state index contributed by atoms with van der Waals surface area (Å²) in [6.45, 7) is 0.534. The lowest BCUT2D eigenvalue weighted by molar-refractivity contribution is 0.306. The third-order valence-corrected chi connectivity index (χ3v) is 3.70. The fraction of sp³-hybridized carbons (Fsp3) is 0.0500. The van der Waals surface area contributed by atoms with Crippen molar-refractivity contribution in [1.82, 2.24) is 15.1 Å². The van der Waals surface area contributed by atoms with Gasteiger partial charge < -0.3 is 9.26 Å². The van der Waals surface area contributed by atoms with E-state index in [0.29, 0.717) is 18.3 Å². The molecule has 0 saturated heterocycles. The lowest BCUT2D eigenvalue weighted by Gasteiger charge is -2.06. The molecule has 0 fully saturated rings. The van der Waals surface area contributed by atoms with Gasteiger partial charge in [0.1, 0.15) is 12.4 Å². The van der Waals surface area contributed by atoms with Gasteiger partial charge in [-0.25, -0.2) is 0 Å². The number of aromatic nitrogens is 3. The second-order valence-electron chi connectivity index (χ2n) is 5.46. The Bertz CT molecular complexity index is 936. The highest BCUT2D eigenvalue weighted by Crippen LogP contribution is 2.24. The maximum Gasteiger partial charge on any atom is 0.258 e. The first-order valence-electron chi connectivity index (χ1n) is 7.90. The molecular formula is C20H15N3O2. The van der Waals surface area contributed by atoms with E-state index in [2.05, 4.69) is 15.1 Å². The van der Waals surface area contributed by atoms with E-state index in [9.17, 15) is 0 Å². The maximum absolute atomic E-state index is 5.78. The van der Waals surface area contributed by atoms with Crippen LogP contribution in [0.2, 0.25) is 0 Å². The Morgan fingerprint density at radius 3 is 2.44 bits per heavy atom. The Balaban J connectivity index is 1.46. The van der Waals surface area contributed by atoms with E-state index in [1.807, 2.05) is 66.7 Å². The zero-order chi connectivity index (χ0) is 16.9. The molecule has 0 radical (unpaired) electrons. The van der Waals surface area contributed by atoms with E-state index in [1.165, 1.54) is 0 Å². The number of ether oxygens (including phenoxy) is 1. The topological polar surface area (TPSA) is 61.0 Å². The first-order chi connectivity index (χ1) is 12.4. The minimum Gasteiger partial charge on any atom is -0.489 e. The van der Waals surface area contributed by atoms with Crippen LogP contribution in [0.4, 0.5) is 0 Å². The molecule has 0 spiro atoms. The summed E-state index contributed by atoms with van der Waals surface area (Å²) in [6.07, 6.45) is 3.41. The SMILES string of the molecule is c1ccc(COc2ccc(-c3nc(-c4cccnc4)no3)cc2)cc1. The highest BCUT2D eigenvalue weighted by atomic mass is 16.5. The zero-order valence-electron chi connectivity index (χ0n) is 13.4. The molecule has 4 rings (SSSR count). The number of benzene rings is 2. The Hall–Kier alpha value is -3.47. The summed E-state index contributed by atoms with van der Waals surface area (Å²) in [5.41, 5.74) is 2.79. The van der Waals surface area contributed by atoms with Crippen molar-refractivity contribution in [2.75, 3.05) is 0 Å². The first kappa shape index (κ1) is 15.1. The van der Waals surface area contributed by atoms with Crippen molar-refractivity contribution in [2.45, 2.75) is 6.61 Å². The Morgan fingerprint density at radius 1 is 0.840 bits per heavy atom. The van der Waals surface area contributed by atoms with E-state index < -0.39 is 0 Å². The molecule has 5 nitrogen and oxygen atoms in total. The molecule has 0 aliphatic heterocycles. The van der Waals surface area contributed by atoms with Crippen LogP contribution in [-0.2, 0) is 6.61 Å². The summed E-state index contributed by atoms with van der Waals surface area (Å²) < 4.78 is 11.1. The van der Waals surface area contributed by atoms with E-state index in [0.717, 1.165) is 22.4 Å². The van der Waals surface area contributed by atoms with Crippen LogP contribution in [0.5, 0.6) is 5.75 Å². The monoisotopic (exact) mass is 329 g/mol. The maximum atomic E-state index is 5.78. The molecule has 0 aliphatic rings. The van der Waals surface area contributed by atoms with Crippen LogP contribution in [0.1, 0.15) is 5.56 Å². The highest BCUT2D eigenvalue weighted by Gasteiger charge is 2.10. The number of hydrogen-bond acceptors (Lipinski definition) is 5. The van der Waals surface area contributed by atoms with E-state index in [4.69, 9.17) is 9.26 Å². The van der Waals surface area contributed by atoms with E-state index in [-0.39, 0.29) is 0 Å². The fourth-order valence-corrected chi connectivity index (χ4v) is 2.39. The molecule has 0 saturated carbocycles. The van der Waals surface area contributed by atoms with Crippen LogP contribution >= 0.6 is 0 Å². The van der Waals surface area contributed by atoms with Gasteiger partial charge >= 0.3 is 0 Å². The van der Waals surface area contributed by atoms with Gasteiger partial charge in [0, 0.05) is 23.5 Å². The molecule has 0 aliphatic carbocycles. The van der Waals surface area contributed by atoms with Crippen molar-refractivity contribution in [1.29, 1.82) is 0 Å². The molecule has 0 N–H and O–H groups in total. The van der Waals surface area contributed by atoms with Crippen molar-refractivity contribution in [3.05, 3.63) is 84.7 Å². The van der Waals surface area contributed by atoms with Gasteiger partial charge in [0.05, 0.1) is 0 Å². The second kappa shape index (κ2) is 6.97. The lowest BCUT2D eigenvalue weighted by atomic mass is 10.2. The third-order valence-electron chi connectivity index (χ3n) is 3.70. The largest absolute Gasteiger partial charge is 0.489 e. The summed E-state index contributed by atoms with van der Waals surface area (Å²) in [7, 11) is 0. The van der Waals surface area contributed by atoms with Gasteiger partial charge in [0.15, 0.2) is 0 Å². The van der Waals surface area contributed by atoms with Crippen LogP contribution in [0, 0.1) is 0 Å². The minimum atomic E-state index is 0.466. The van der Waals surface area contributed by atoms with Gasteiger partial charge in [-0.1, -0.05) is 35.5 Å². The lowest BCUT2D eigenvalue weighted by Crippen LogP contribution is -1.94. The van der Waals surface area contributed by atoms with Crippen molar-refractivity contribution in [3.63, 3.8) is 0 Å². The van der Waals surface area contributed by atoms with Crippen LogP contribution in [0.25, 0.3) is 22.8 Å². The van der Waals surface area contributed by atoms with Gasteiger partial charge in [0.2, 0.25) is 5.82 Å². The summed E-state index contributed by atoms with van der Waals surface area (Å²) in [5.74, 6) is 1.78. The molecule has 2 heterocycles. The summed E-state index contributed by atoms with van der Waals surface area (Å²) in [5, 5.41) is 4.00. The average molecular weight is 329 g/mol. The van der Waals surface area contributed by atoms with Crippen molar-refractivity contribution in [2.24, 2.45) is 0 Å². The molecule has 0 unspecified atom stereocenters. The predicted octanol–water partition coefficient (Wildman–Crippen LogP) is 4.38. The molecule has 0 atom stereocenters. The van der Waals surface area contributed by atoms with Crippen molar-refractivity contribution in [3.8, 4) is 28.6 Å². The molecule has 25 heavy (non-hydrogen) atoms. The Labute approximate surface area is 144 Å². The zero-order valence-corrected chi connectivity index (χ0v) is 13.4. The predicted molar refractivity (Wildman–Crippen MR) is 93.7 cm³/mol. The molecule has 4 aromatic rings. The second-order valence-corrected chi connectivity index (χ2v) is 5.46. The van der Waals surface area contributed by atoms with Crippen LogP contribution < -0.4 is 4.74 Å². The van der Waals surface area contributed by atoms with Gasteiger partial charge in [0.25, 0.3) is 5.89 Å². The molecule has 2 aromatic carbocycles. The first-order valence-corrected chi connectivity index (χ1v) is 7.90. The highest BCUT2D eigenvalue weighted by molar-refractivity contribution is 5.59. The van der Waals surface area contributed by atoms with Gasteiger partial charge in [-0.3, -0.25) is 4.98 Å². The summed E-state index contributed by atoms with van der Waals surface area (Å²) in [4.78, 5) is 8.48. The quantitative estimate of drug-likeness (QED) is 0.544. The Kier molecular flexibility index (Phi) is 4.20. The minimum absolute atomic E-state index is 0.466. The normalized spacial score (nSPS) is 10.6. The fourth-order valence-electron chi connectivity index (χ4n) is 2.39. The molecule has 122 valence electrons. The molecule has 2 aromatic heterocycles. The molecule has 0 amide bonds. The van der Waals surface area contributed by atoms with E-state index >= 15 is 0 Å². The summed E-state index contributed by atoms with van der Waals surface area (Å²) >= 11 is 0. The smallest absolute Gasteiger partial charge is 0.258 e. The number of hydrogen-bond donors (Lipinski definition) is 0. The number of nitrogens with zero attached hydrogens (tertiary/aromatic N) is 3. The average Bonchev–Trinajstić information content (AvgIpc) is 3.19. The van der Waals surface area contributed by atoms with Crippen LogP contribution in [-0.4, -0.2) is 15.1 Å².